The first-order valence-electron chi connectivity index (χ1n) is 5.13. The fraction of sp³-hybridized carbons (Fsp3) is 0.154. The number of aryl methyl sites for hydroxylation is 1. The predicted molar refractivity (Wildman–Crippen MR) is 60.5 cm³/mol. The molecule has 0 fully saturated rings. The third kappa shape index (κ3) is 1.84. The highest BCUT2D eigenvalue weighted by Gasteiger charge is 2.16. The average molecular weight is 216 g/mol. The molecule has 0 aliphatic heterocycles. The van der Waals surface area contributed by atoms with Gasteiger partial charge in [-0.2, -0.15) is 0 Å². The molecule has 1 N–H and O–H groups in total. The van der Waals surface area contributed by atoms with E-state index in [0.717, 1.165) is 5.56 Å². The van der Waals surface area contributed by atoms with Gasteiger partial charge in [-0.3, -0.25) is 0 Å². The summed E-state index contributed by atoms with van der Waals surface area (Å²) in [5.41, 5.74) is 1.14. The molecule has 0 bridgehead atoms. The summed E-state index contributed by atoms with van der Waals surface area (Å²) in [6.07, 6.45) is 0.578. The molecule has 1 heterocycles. The number of hydrogen-bond acceptors (Lipinski definition) is 2. The molecule has 0 unspecified atom stereocenters. The second-order valence-electron chi connectivity index (χ2n) is 3.47. The normalized spacial score (nSPS) is 10.3. The van der Waals surface area contributed by atoms with Gasteiger partial charge in [0.1, 0.15) is 17.1 Å². The minimum Gasteiger partial charge on any atom is -0.478 e. The quantitative estimate of drug-likeness (QED) is 0.857. The summed E-state index contributed by atoms with van der Waals surface area (Å²) in [5.74, 6) is 0.184. The topological polar surface area (TPSA) is 50.4 Å². The van der Waals surface area contributed by atoms with Crippen LogP contribution in [0.4, 0.5) is 0 Å². The molecule has 0 radical (unpaired) electrons. The molecule has 0 saturated carbocycles. The van der Waals surface area contributed by atoms with Gasteiger partial charge in [0, 0.05) is 12.0 Å². The molecule has 0 spiro atoms. The van der Waals surface area contributed by atoms with Crippen molar-refractivity contribution < 1.29 is 14.3 Å². The number of carboxylic acids is 1. The molecule has 82 valence electrons. The molecule has 16 heavy (non-hydrogen) atoms. The summed E-state index contributed by atoms with van der Waals surface area (Å²) in [7, 11) is 0. The lowest BCUT2D eigenvalue weighted by molar-refractivity contribution is 0.0694. The SMILES string of the molecule is CCc1oc(-c2ccccc2)cc1C(=O)O. The Bertz CT molecular complexity index is 497. The Kier molecular flexibility index (Phi) is 2.77. The van der Waals surface area contributed by atoms with Crippen molar-refractivity contribution in [1.82, 2.24) is 0 Å². The smallest absolute Gasteiger partial charge is 0.339 e. The van der Waals surface area contributed by atoms with Gasteiger partial charge in [0.05, 0.1) is 0 Å². The first-order valence-corrected chi connectivity index (χ1v) is 5.13. The zero-order valence-electron chi connectivity index (χ0n) is 8.93. The maximum atomic E-state index is 11.0. The number of carboxylic acid groups (broad SMARTS) is 1. The lowest BCUT2D eigenvalue weighted by atomic mass is 10.1. The van der Waals surface area contributed by atoms with E-state index in [-0.39, 0.29) is 5.56 Å². The summed E-state index contributed by atoms with van der Waals surface area (Å²) in [4.78, 5) is 11.0. The third-order valence-electron chi connectivity index (χ3n) is 2.42. The van der Waals surface area contributed by atoms with Crippen LogP contribution in [0.5, 0.6) is 0 Å². The average Bonchev–Trinajstić information content (AvgIpc) is 2.74. The first-order chi connectivity index (χ1) is 7.72. The van der Waals surface area contributed by atoms with E-state index in [1.165, 1.54) is 0 Å². The minimum absolute atomic E-state index is 0.251. The number of rotatable bonds is 3. The van der Waals surface area contributed by atoms with Crippen LogP contribution in [0.3, 0.4) is 0 Å². The van der Waals surface area contributed by atoms with E-state index in [0.29, 0.717) is 17.9 Å². The minimum atomic E-state index is -0.942. The van der Waals surface area contributed by atoms with Gasteiger partial charge < -0.3 is 9.52 Å². The lowest BCUT2D eigenvalue weighted by Gasteiger charge is -1.94. The number of carbonyl (C=O) groups is 1. The van der Waals surface area contributed by atoms with Gasteiger partial charge in [0.2, 0.25) is 0 Å². The van der Waals surface area contributed by atoms with Crippen LogP contribution in [0.1, 0.15) is 23.0 Å². The molecule has 0 saturated heterocycles. The Hall–Kier alpha value is -2.03. The van der Waals surface area contributed by atoms with Crippen LogP contribution in [0.2, 0.25) is 0 Å². The standard InChI is InChI=1S/C13H12O3/c1-2-11-10(13(14)15)8-12(16-11)9-6-4-3-5-7-9/h3-8H,2H2,1H3,(H,14,15). The summed E-state index contributed by atoms with van der Waals surface area (Å²) in [6, 6.07) is 11.1. The second kappa shape index (κ2) is 4.23. The maximum absolute atomic E-state index is 11.0. The van der Waals surface area contributed by atoms with Crippen molar-refractivity contribution in [3.8, 4) is 11.3 Å². The number of aromatic carboxylic acids is 1. The van der Waals surface area contributed by atoms with Crippen LogP contribution in [0.25, 0.3) is 11.3 Å². The van der Waals surface area contributed by atoms with Gasteiger partial charge in [-0.1, -0.05) is 37.3 Å². The summed E-state index contributed by atoms with van der Waals surface area (Å²) in [5, 5.41) is 9.00. The highest BCUT2D eigenvalue weighted by Crippen LogP contribution is 2.25. The molecule has 3 nitrogen and oxygen atoms in total. The van der Waals surface area contributed by atoms with E-state index in [4.69, 9.17) is 9.52 Å². The monoisotopic (exact) mass is 216 g/mol. The van der Waals surface area contributed by atoms with E-state index < -0.39 is 5.97 Å². The third-order valence-corrected chi connectivity index (χ3v) is 2.42. The highest BCUT2D eigenvalue weighted by atomic mass is 16.4. The van der Waals surface area contributed by atoms with Crippen molar-refractivity contribution >= 4 is 5.97 Å². The number of hydrogen-bond donors (Lipinski definition) is 1. The van der Waals surface area contributed by atoms with E-state index in [2.05, 4.69) is 0 Å². The summed E-state index contributed by atoms with van der Waals surface area (Å²) in [6.45, 7) is 1.88. The molecule has 0 amide bonds. The molecule has 1 aromatic heterocycles. The molecule has 3 heteroatoms. The zero-order chi connectivity index (χ0) is 11.5. The molecule has 2 aromatic rings. The van der Waals surface area contributed by atoms with E-state index in [1.807, 2.05) is 37.3 Å². The molecule has 0 atom stereocenters. The van der Waals surface area contributed by atoms with Crippen LogP contribution in [0, 0.1) is 0 Å². The van der Waals surface area contributed by atoms with Crippen molar-refractivity contribution in [1.29, 1.82) is 0 Å². The van der Waals surface area contributed by atoms with Gasteiger partial charge in [-0.25, -0.2) is 4.79 Å². The largest absolute Gasteiger partial charge is 0.478 e. The van der Waals surface area contributed by atoms with E-state index in [1.54, 1.807) is 6.07 Å². The Morgan fingerprint density at radius 3 is 2.50 bits per heavy atom. The van der Waals surface area contributed by atoms with Gasteiger partial charge in [0.15, 0.2) is 0 Å². The zero-order valence-corrected chi connectivity index (χ0v) is 8.93. The van der Waals surface area contributed by atoms with Crippen LogP contribution < -0.4 is 0 Å². The van der Waals surface area contributed by atoms with E-state index >= 15 is 0 Å². The Morgan fingerprint density at radius 1 is 1.31 bits per heavy atom. The fourth-order valence-electron chi connectivity index (χ4n) is 1.62. The van der Waals surface area contributed by atoms with Gasteiger partial charge >= 0.3 is 5.97 Å². The molecular formula is C13H12O3. The first kappa shape index (κ1) is 10.5. The highest BCUT2D eigenvalue weighted by molar-refractivity contribution is 5.90. The van der Waals surface area contributed by atoms with Crippen molar-refractivity contribution in [3.05, 3.63) is 47.7 Å². The number of benzene rings is 1. The number of furan rings is 1. The van der Waals surface area contributed by atoms with Crippen molar-refractivity contribution in [3.63, 3.8) is 0 Å². The summed E-state index contributed by atoms with van der Waals surface area (Å²) < 4.78 is 5.53. The lowest BCUT2D eigenvalue weighted by Crippen LogP contribution is -1.97. The van der Waals surface area contributed by atoms with Crippen molar-refractivity contribution in [2.24, 2.45) is 0 Å². The predicted octanol–water partition coefficient (Wildman–Crippen LogP) is 3.21. The van der Waals surface area contributed by atoms with Crippen molar-refractivity contribution in [2.75, 3.05) is 0 Å². The molecule has 2 rings (SSSR count). The van der Waals surface area contributed by atoms with Gasteiger partial charge in [-0.05, 0) is 6.07 Å². The summed E-state index contributed by atoms with van der Waals surface area (Å²) >= 11 is 0. The Morgan fingerprint density at radius 2 is 2.00 bits per heavy atom. The molecule has 0 aliphatic rings. The van der Waals surface area contributed by atoms with Crippen LogP contribution in [-0.2, 0) is 6.42 Å². The Balaban J connectivity index is 2.48. The molecule has 0 aliphatic carbocycles. The molecular weight excluding hydrogens is 204 g/mol. The van der Waals surface area contributed by atoms with Gasteiger partial charge in [-0.15, -0.1) is 0 Å². The molecule has 1 aromatic carbocycles. The van der Waals surface area contributed by atoms with Crippen LogP contribution >= 0.6 is 0 Å². The van der Waals surface area contributed by atoms with Gasteiger partial charge in [0.25, 0.3) is 0 Å². The second-order valence-corrected chi connectivity index (χ2v) is 3.47. The Labute approximate surface area is 93.3 Å². The van der Waals surface area contributed by atoms with Crippen LogP contribution in [-0.4, -0.2) is 11.1 Å². The maximum Gasteiger partial charge on any atom is 0.339 e. The fourth-order valence-corrected chi connectivity index (χ4v) is 1.62. The van der Waals surface area contributed by atoms with Crippen molar-refractivity contribution in [2.45, 2.75) is 13.3 Å². The van der Waals surface area contributed by atoms with Crippen LogP contribution in [0.15, 0.2) is 40.8 Å². The van der Waals surface area contributed by atoms with E-state index in [9.17, 15) is 4.79 Å².